The van der Waals surface area contributed by atoms with Crippen molar-refractivity contribution in [2.45, 2.75) is 59.9 Å². The van der Waals surface area contributed by atoms with Gasteiger partial charge in [-0.3, -0.25) is 9.48 Å². The minimum Gasteiger partial charge on any atom is -0.427 e. The largest absolute Gasteiger partial charge is 0.427 e. The number of rotatable bonds is 5. The second kappa shape index (κ2) is 7.71. The average molecular weight is 371 g/mol. The molecule has 2 aromatic rings. The number of likely N-dealkylation sites (tertiary alicyclic amines) is 1. The van der Waals surface area contributed by atoms with Crippen LogP contribution in [0.15, 0.2) is 21.3 Å². The van der Waals surface area contributed by atoms with Crippen molar-refractivity contribution in [3.63, 3.8) is 0 Å². The van der Waals surface area contributed by atoms with E-state index in [1.54, 1.807) is 4.90 Å². The highest BCUT2D eigenvalue weighted by atomic mass is 16.4. The van der Waals surface area contributed by atoms with Gasteiger partial charge in [0.05, 0.1) is 11.7 Å². The molecular weight excluding hydrogens is 342 g/mol. The molecule has 3 heterocycles. The minimum absolute atomic E-state index is 0.153. The Morgan fingerprint density at radius 2 is 2.04 bits per heavy atom. The van der Waals surface area contributed by atoms with Crippen LogP contribution >= 0.6 is 0 Å². The molecule has 146 valence electrons. The van der Waals surface area contributed by atoms with Crippen LogP contribution in [0.1, 0.15) is 65.8 Å². The van der Waals surface area contributed by atoms with E-state index in [4.69, 9.17) is 4.42 Å². The van der Waals surface area contributed by atoms with Crippen molar-refractivity contribution in [2.24, 2.45) is 5.92 Å². The maximum absolute atomic E-state index is 13.0. The highest BCUT2D eigenvalue weighted by Crippen LogP contribution is 2.25. The number of hydrogen-bond donors (Lipinski definition) is 0. The van der Waals surface area contributed by atoms with Crippen molar-refractivity contribution in [1.82, 2.24) is 14.7 Å². The van der Waals surface area contributed by atoms with Crippen LogP contribution in [-0.4, -0.2) is 33.7 Å². The molecule has 0 saturated carbocycles. The molecule has 0 radical (unpaired) electrons. The fraction of sp³-hybridized carbons (Fsp3) is 0.571. The topological polar surface area (TPSA) is 68.3 Å². The summed E-state index contributed by atoms with van der Waals surface area (Å²) in [6.07, 6.45) is 2.50. The maximum Gasteiger partial charge on any atom is 0.349 e. The summed E-state index contributed by atoms with van der Waals surface area (Å²) in [5.41, 5.74) is 2.41. The minimum atomic E-state index is -0.520. The smallest absolute Gasteiger partial charge is 0.349 e. The van der Waals surface area contributed by atoms with Crippen LogP contribution in [0.3, 0.4) is 0 Å². The quantitative estimate of drug-likeness (QED) is 0.807. The standard InChI is InChI=1S/C21H29N3O3/c1-13(2)6-7-18-10-14(3)19(21(26)27-18)20(25)23-9-8-17(12-23)24-16(5)11-15(4)22-24/h10-11,13,17H,6-9,12H2,1-5H3. The molecule has 1 amide bonds. The zero-order chi connectivity index (χ0) is 19.7. The molecule has 1 saturated heterocycles. The first-order valence-electron chi connectivity index (χ1n) is 9.72. The van der Waals surface area contributed by atoms with Crippen molar-refractivity contribution < 1.29 is 9.21 Å². The molecule has 27 heavy (non-hydrogen) atoms. The SMILES string of the molecule is Cc1cc(C)n(C2CCN(C(=O)c3c(C)cc(CCC(C)C)oc3=O)C2)n1. The summed E-state index contributed by atoms with van der Waals surface area (Å²) < 4.78 is 7.43. The number of aryl methyl sites for hydroxylation is 4. The molecule has 1 aliphatic heterocycles. The van der Waals surface area contributed by atoms with E-state index in [1.165, 1.54) is 0 Å². The molecular formula is C21H29N3O3. The lowest BCUT2D eigenvalue weighted by Crippen LogP contribution is -2.33. The molecule has 6 heteroatoms. The van der Waals surface area contributed by atoms with Crippen LogP contribution in [0.5, 0.6) is 0 Å². The molecule has 0 aliphatic carbocycles. The lowest BCUT2D eigenvalue weighted by Gasteiger charge is -2.18. The summed E-state index contributed by atoms with van der Waals surface area (Å²) in [6.45, 7) is 11.3. The Morgan fingerprint density at radius 1 is 1.30 bits per heavy atom. The van der Waals surface area contributed by atoms with Gasteiger partial charge in [-0.2, -0.15) is 5.10 Å². The summed E-state index contributed by atoms with van der Waals surface area (Å²) >= 11 is 0. The van der Waals surface area contributed by atoms with E-state index in [9.17, 15) is 9.59 Å². The van der Waals surface area contributed by atoms with Crippen molar-refractivity contribution in [3.05, 3.63) is 50.8 Å². The Hall–Kier alpha value is -2.37. The molecule has 2 aromatic heterocycles. The molecule has 0 N–H and O–H groups in total. The molecule has 0 spiro atoms. The normalized spacial score (nSPS) is 17.1. The fourth-order valence-electron chi connectivity index (χ4n) is 3.78. The first kappa shape index (κ1) is 19.4. The van der Waals surface area contributed by atoms with E-state index in [2.05, 4.69) is 18.9 Å². The molecule has 0 bridgehead atoms. The monoisotopic (exact) mass is 371 g/mol. The Labute approximate surface area is 160 Å². The Balaban J connectivity index is 1.76. The third-order valence-corrected chi connectivity index (χ3v) is 5.22. The molecule has 1 aliphatic rings. The number of hydrogen-bond acceptors (Lipinski definition) is 4. The van der Waals surface area contributed by atoms with Crippen LogP contribution in [0.4, 0.5) is 0 Å². The third kappa shape index (κ3) is 4.15. The van der Waals surface area contributed by atoms with Crippen LogP contribution in [-0.2, 0) is 6.42 Å². The van der Waals surface area contributed by atoms with Crippen LogP contribution in [0.2, 0.25) is 0 Å². The van der Waals surface area contributed by atoms with E-state index in [-0.39, 0.29) is 17.5 Å². The van der Waals surface area contributed by atoms with Crippen molar-refractivity contribution in [1.29, 1.82) is 0 Å². The van der Waals surface area contributed by atoms with E-state index >= 15 is 0 Å². The predicted molar refractivity (Wildman–Crippen MR) is 104 cm³/mol. The van der Waals surface area contributed by atoms with Gasteiger partial charge in [0.15, 0.2) is 0 Å². The van der Waals surface area contributed by atoms with Gasteiger partial charge in [-0.25, -0.2) is 4.79 Å². The van der Waals surface area contributed by atoms with Crippen molar-refractivity contribution >= 4 is 5.91 Å². The Morgan fingerprint density at radius 3 is 2.63 bits per heavy atom. The van der Waals surface area contributed by atoms with Gasteiger partial charge in [0.1, 0.15) is 11.3 Å². The van der Waals surface area contributed by atoms with Crippen LogP contribution in [0, 0.1) is 26.7 Å². The van der Waals surface area contributed by atoms with E-state index < -0.39 is 5.63 Å². The van der Waals surface area contributed by atoms with Gasteiger partial charge in [-0.1, -0.05) is 13.8 Å². The highest BCUT2D eigenvalue weighted by Gasteiger charge is 2.31. The van der Waals surface area contributed by atoms with Crippen molar-refractivity contribution in [3.8, 4) is 0 Å². The second-order valence-electron chi connectivity index (χ2n) is 8.06. The van der Waals surface area contributed by atoms with E-state index in [0.29, 0.717) is 36.8 Å². The number of amides is 1. The van der Waals surface area contributed by atoms with Gasteiger partial charge < -0.3 is 9.32 Å². The van der Waals surface area contributed by atoms with Gasteiger partial charge in [0, 0.05) is 25.2 Å². The summed E-state index contributed by atoms with van der Waals surface area (Å²) in [6, 6.07) is 4.03. The molecule has 1 unspecified atom stereocenters. The maximum atomic E-state index is 13.0. The van der Waals surface area contributed by atoms with Gasteiger partial charge in [-0.15, -0.1) is 0 Å². The number of carbonyl (C=O) groups is 1. The summed E-state index contributed by atoms with van der Waals surface area (Å²) in [4.78, 5) is 27.2. The van der Waals surface area contributed by atoms with Crippen molar-refractivity contribution in [2.75, 3.05) is 13.1 Å². The zero-order valence-electron chi connectivity index (χ0n) is 16.9. The van der Waals surface area contributed by atoms with Crippen LogP contribution < -0.4 is 5.63 Å². The lowest BCUT2D eigenvalue weighted by atomic mass is 10.0. The number of nitrogens with zero attached hydrogens (tertiary/aromatic N) is 3. The Bertz CT molecular complexity index is 895. The third-order valence-electron chi connectivity index (χ3n) is 5.22. The Kier molecular flexibility index (Phi) is 5.53. The summed E-state index contributed by atoms with van der Waals surface area (Å²) in [5, 5.41) is 4.54. The number of aromatic nitrogens is 2. The summed E-state index contributed by atoms with van der Waals surface area (Å²) in [5.74, 6) is 0.957. The molecule has 3 rings (SSSR count). The van der Waals surface area contributed by atoms with Gasteiger partial charge in [-0.05, 0) is 57.2 Å². The molecule has 0 aromatic carbocycles. The predicted octanol–water partition coefficient (Wildman–Crippen LogP) is 3.44. The summed E-state index contributed by atoms with van der Waals surface area (Å²) in [7, 11) is 0. The molecule has 1 atom stereocenters. The van der Waals surface area contributed by atoms with Gasteiger partial charge in [0.2, 0.25) is 0 Å². The van der Waals surface area contributed by atoms with Gasteiger partial charge in [0.25, 0.3) is 5.91 Å². The highest BCUT2D eigenvalue weighted by molar-refractivity contribution is 5.95. The first-order chi connectivity index (χ1) is 12.8. The molecule has 1 fully saturated rings. The molecule has 6 nitrogen and oxygen atoms in total. The first-order valence-corrected chi connectivity index (χ1v) is 9.72. The van der Waals surface area contributed by atoms with Gasteiger partial charge >= 0.3 is 5.63 Å². The zero-order valence-corrected chi connectivity index (χ0v) is 16.9. The van der Waals surface area contributed by atoms with E-state index in [1.807, 2.05) is 37.6 Å². The van der Waals surface area contributed by atoms with E-state index in [0.717, 1.165) is 24.2 Å². The fourth-order valence-corrected chi connectivity index (χ4v) is 3.78. The number of carbonyl (C=O) groups excluding carboxylic acids is 1. The average Bonchev–Trinajstić information content (AvgIpc) is 3.18. The van der Waals surface area contributed by atoms with Crippen LogP contribution in [0.25, 0.3) is 0 Å². The second-order valence-corrected chi connectivity index (χ2v) is 8.06. The lowest BCUT2D eigenvalue weighted by molar-refractivity contribution is 0.0781.